The minimum absolute atomic E-state index is 0.0458. The number of rotatable bonds is 9. The average Bonchev–Trinajstić information content (AvgIpc) is 3.30. The Labute approximate surface area is 208 Å². The van der Waals surface area contributed by atoms with Gasteiger partial charge < -0.3 is 10.1 Å². The van der Waals surface area contributed by atoms with Crippen LogP contribution in [0.1, 0.15) is 24.0 Å². The zero-order chi connectivity index (χ0) is 25.2. The van der Waals surface area contributed by atoms with Crippen LogP contribution < -0.4 is 14.4 Å². The van der Waals surface area contributed by atoms with Crippen molar-refractivity contribution in [2.24, 2.45) is 0 Å². The van der Waals surface area contributed by atoms with Crippen LogP contribution in [-0.2, 0) is 32.8 Å². The number of carbonyl (C=O) groups is 2. The molecule has 0 bridgehead atoms. The molecule has 2 aromatic rings. The third-order valence-corrected chi connectivity index (χ3v) is 9.83. The van der Waals surface area contributed by atoms with E-state index in [1.807, 2.05) is 42.5 Å². The number of nitrogens with zero attached hydrogens (tertiary/aromatic N) is 2. The van der Waals surface area contributed by atoms with Crippen LogP contribution in [0, 0.1) is 0 Å². The molecule has 0 saturated carbocycles. The van der Waals surface area contributed by atoms with Gasteiger partial charge >= 0.3 is 10.2 Å². The van der Waals surface area contributed by atoms with Gasteiger partial charge in [0.1, 0.15) is 18.9 Å². The lowest BCUT2D eigenvalue weighted by Gasteiger charge is -2.24. The highest BCUT2D eigenvalue weighted by Crippen LogP contribution is 2.36. The number of amides is 2. The predicted molar refractivity (Wildman–Crippen MR) is 138 cm³/mol. The van der Waals surface area contributed by atoms with Crippen LogP contribution in [0.2, 0.25) is 25.7 Å². The first-order valence-corrected chi connectivity index (χ1v) is 17.1. The van der Waals surface area contributed by atoms with Gasteiger partial charge in [-0.1, -0.05) is 56.0 Å². The molecule has 2 heterocycles. The predicted octanol–water partition coefficient (Wildman–Crippen LogP) is 3.32. The Morgan fingerprint density at radius 3 is 2.46 bits per heavy atom. The summed E-state index contributed by atoms with van der Waals surface area (Å²) >= 11 is 0. The van der Waals surface area contributed by atoms with E-state index >= 15 is 0 Å². The lowest BCUT2D eigenvalue weighted by Crippen LogP contribution is -2.37. The molecular formula is C25H33N3O5SSi. The van der Waals surface area contributed by atoms with Crippen molar-refractivity contribution in [3.8, 4) is 5.75 Å². The topological polar surface area (TPSA) is 96.0 Å². The monoisotopic (exact) mass is 515 g/mol. The first-order chi connectivity index (χ1) is 16.5. The van der Waals surface area contributed by atoms with Crippen LogP contribution >= 0.6 is 0 Å². The van der Waals surface area contributed by atoms with Gasteiger partial charge in [-0.3, -0.25) is 9.59 Å². The van der Waals surface area contributed by atoms with E-state index in [0.717, 1.165) is 26.2 Å². The summed E-state index contributed by atoms with van der Waals surface area (Å²) in [6.07, 6.45) is 1.91. The van der Waals surface area contributed by atoms with E-state index in [4.69, 9.17) is 4.74 Å². The molecule has 1 N–H and O–H groups in total. The highest BCUT2D eigenvalue weighted by atomic mass is 32.2. The summed E-state index contributed by atoms with van der Waals surface area (Å²) in [4.78, 5) is 24.4. The molecule has 0 spiro atoms. The van der Waals surface area contributed by atoms with Gasteiger partial charge in [-0.15, -0.1) is 0 Å². The molecule has 188 valence electrons. The van der Waals surface area contributed by atoms with Crippen LogP contribution in [0.4, 0.5) is 5.69 Å². The molecule has 2 aromatic carbocycles. The fraction of sp³-hybridized carbons (Fsp3) is 0.440. The second-order valence-electron chi connectivity index (χ2n) is 10.4. The lowest BCUT2D eigenvalue weighted by molar-refractivity contribution is -0.123. The summed E-state index contributed by atoms with van der Waals surface area (Å²) in [6, 6.07) is 15.8. The van der Waals surface area contributed by atoms with Crippen molar-refractivity contribution < 1.29 is 22.7 Å². The quantitative estimate of drug-likeness (QED) is 0.517. The number of anilines is 1. The highest BCUT2D eigenvalue weighted by molar-refractivity contribution is 7.91. The van der Waals surface area contributed by atoms with Crippen molar-refractivity contribution in [2.75, 3.05) is 17.4 Å². The van der Waals surface area contributed by atoms with E-state index in [2.05, 4.69) is 25.0 Å². The molecule has 8 nitrogen and oxygen atoms in total. The van der Waals surface area contributed by atoms with Crippen molar-refractivity contribution >= 4 is 35.8 Å². The van der Waals surface area contributed by atoms with Crippen molar-refractivity contribution in [1.82, 2.24) is 9.62 Å². The summed E-state index contributed by atoms with van der Waals surface area (Å²) < 4.78 is 35.1. The molecule has 1 unspecified atom stereocenters. The second kappa shape index (κ2) is 10.0. The Morgan fingerprint density at radius 1 is 1.06 bits per heavy atom. The Balaban J connectivity index is 1.61. The lowest BCUT2D eigenvalue weighted by atomic mass is 10.0. The first-order valence-electron chi connectivity index (χ1n) is 12.0. The number of benzene rings is 2. The van der Waals surface area contributed by atoms with E-state index in [1.165, 1.54) is 0 Å². The maximum absolute atomic E-state index is 13.4. The number of hydrogen-bond donors (Lipinski definition) is 1. The minimum Gasteiger partial charge on any atom is -0.487 e. The van der Waals surface area contributed by atoms with Crippen LogP contribution in [0.15, 0.2) is 48.5 Å². The molecule has 10 heteroatoms. The fourth-order valence-electron chi connectivity index (χ4n) is 4.27. The molecule has 2 aliphatic rings. The number of ether oxygens (including phenoxy) is 1. The summed E-state index contributed by atoms with van der Waals surface area (Å²) in [5.74, 6) is 0.0290. The van der Waals surface area contributed by atoms with Gasteiger partial charge in [-0.2, -0.15) is 8.42 Å². The number of carbonyl (C=O) groups excluding carboxylic acids is 2. The van der Waals surface area contributed by atoms with Crippen molar-refractivity contribution in [3.63, 3.8) is 0 Å². The van der Waals surface area contributed by atoms with Gasteiger partial charge in [0.25, 0.3) is 5.91 Å². The Hall–Kier alpha value is -2.85. The molecule has 1 atom stereocenters. The normalized spacial score (nSPS) is 19.8. The van der Waals surface area contributed by atoms with Crippen LogP contribution in [0.25, 0.3) is 0 Å². The third-order valence-electron chi connectivity index (χ3n) is 6.28. The zero-order valence-electron chi connectivity index (χ0n) is 20.5. The highest BCUT2D eigenvalue weighted by Gasteiger charge is 2.44. The summed E-state index contributed by atoms with van der Waals surface area (Å²) in [5.41, 5.74) is 2.23. The molecule has 2 saturated heterocycles. The first kappa shape index (κ1) is 25.2. The van der Waals surface area contributed by atoms with Gasteiger partial charge in [0.2, 0.25) is 5.91 Å². The van der Waals surface area contributed by atoms with Gasteiger partial charge in [0.05, 0.1) is 5.69 Å². The van der Waals surface area contributed by atoms with Gasteiger partial charge in [-0.05, 0) is 42.1 Å². The molecule has 2 amide bonds. The second-order valence-corrected chi connectivity index (χ2v) is 17.8. The average molecular weight is 516 g/mol. The molecule has 2 fully saturated rings. The number of hydrogen-bond acceptors (Lipinski definition) is 5. The third kappa shape index (κ3) is 6.05. The summed E-state index contributed by atoms with van der Waals surface area (Å²) in [7, 11) is -5.54. The van der Waals surface area contributed by atoms with Gasteiger partial charge in [0.15, 0.2) is 0 Å². The molecule has 0 aliphatic carbocycles. The molecular weight excluding hydrogens is 482 g/mol. The van der Waals surface area contributed by atoms with E-state index in [0.29, 0.717) is 30.3 Å². The summed E-state index contributed by atoms with van der Waals surface area (Å²) in [6.45, 7) is 6.68. The van der Waals surface area contributed by atoms with Crippen LogP contribution in [0.5, 0.6) is 5.75 Å². The molecule has 0 aromatic heterocycles. The summed E-state index contributed by atoms with van der Waals surface area (Å²) in [5, 5.41) is 2.97. The van der Waals surface area contributed by atoms with E-state index in [-0.39, 0.29) is 31.6 Å². The molecule has 0 radical (unpaired) electrons. The van der Waals surface area contributed by atoms with E-state index < -0.39 is 24.2 Å². The Kier molecular flexibility index (Phi) is 7.23. The van der Waals surface area contributed by atoms with Gasteiger partial charge in [0, 0.05) is 27.1 Å². The van der Waals surface area contributed by atoms with Crippen LogP contribution in [-0.4, -0.2) is 51.7 Å². The largest absolute Gasteiger partial charge is 0.487 e. The zero-order valence-corrected chi connectivity index (χ0v) is 22.3. The van der Waals surface area contributed by atoms with Crippen LogP contribution in [0.3, 0.4) is 0 Å². The van der Waals surface area contributed by atoms with Crippen molar-refractivity contribution in [2.45, 2.75) is 57.6 Å². The standard InChI is InChI=1S/C25H33N3O5SSi/c1-35(2,3)14-13-27-25(30)17-28(34(27,31)32)22-11-9-20(15-21-10-12-24(29)26-21)16-23(22)33-18-19-7-5-4-6-8-19/h4-9,11,16,21H,10,12-15,17-18H2,1-3H3,(H,26,29). The maximum Gasteiger partial charge on any atom is 0.329 e. The molecule has 35 heavy (non-hydrogen) atoms. The SMILES string of the molecule is C[Si](C)(C)CCN1C(=O)CN(c2ccc(CC3CCC(=O)N3)cc2OCc2ccccc2)S1(=O)=O. The van der Waals surface area contributed by atoms with Crippen molar-refractivity contribution in [1.29, 1.82) is 0 Å². The van der Waals surface area contributed by atoms with E-state index in [1.54, 1.807) is 6.07 Å². The molecule has 4 rings (SSSR count). The fourth-order valence-corrected chi connectivity index (χ4v) is 6.88. The smallest absolute Gasteiger partial charge is 0.329 e. The minimum atomic E-state index is -4.00. The van der Waals surface area contributed by atoms with Gasteiger partial charge in [-0.25, -0.2) is 8.61 Å². The Morgan fingerprint density at radius 2 is 1.80 bits per heavy atom. The Bertz CT molecular complexity index is 1200. The van der Waals surface area contributed by atoms with Crippen molar-refractivity contribution in [3.05, 3.63) is 59.7 Å². The number of nitrogens with one attached hydrogen (secondary N) is 1. The van der Waals surface area contributed by atoms with E-state index in [9.17, 15) is 18.0 Å². The maximum atomic E-state index is 13.4. The molecule has 2 aliphatic heterocycles.